The quantitative estimate of drug-likeness (QED) is 0.572. The first-order valence-electron chi connectivity index (χ1n) is 8.68. The van der Waals surface area contributed by atoms with Crippen LogP contribution in [0.2, 0.25) is 0 Å². The van der Waals surface area contributed by atoms with Gasteiger partial charge >= 0.3 is 0 Å². The van der Waals surface area contributed by atoms with Gasteiger partial charge in [0.2, 0.25) is 0 Å². The lowest BCUT2D eigenvalue weighted by atomic mass is 10.1. The SMILES string of the molecule is Cc1ccc(S(=O)(=O)N2C(=O)c3cc4ccccc4n3C[C@@H]2[C@H](C)Br)cc1. The van der Waals surface area contributed by atoms with E-state index >= 15 is 0 Å². The summed E-state index contributed by atoms with van der Waals surface area (Å²) < 4.78 is 29.6. The Labute approximate surface area is 166 Å². The maximum absolute atomic E-state index is 13.3. The van der Waals surface area contributed by atoms with Gasteiger partial charge in [0.25, 0.3) is 15.9 Å². The minimum Gasteiger partial charge on any atom is -0.334 e. The summed E-state index contributed by atoms with van der Waals surface area (Å²) >= 11 is 3.51. The summed E-state index contributed by atoms with van der Waals surface area (Å²) in [6, 6.07) is 15.5. The number of alkyl halides is 1. The highest BCUT2D eigenvalue weighted by molar-refractivity contribution is 9.09. The first-order valence-corrected chi connectivity index (χ1v) is 11.0. The molecule has 3 aromatic rings. The summed E-state index contributed by atoms with van der Waals surface area (Å²) in [5.41, 5.74) is 2.30. The molecule has 4 rings (SSSR count). The van der Waals surface area contributed by atoms with Gasteiger partial charge in [0.1, 0.15) is 5.69 Å². The summed E-state index contributed by atoms with van der Waals surface area (Å²) in [4.78, 5) is 13.2. The number of amides is 1. The van der Waals surface area contributed by atoms with E-state index < -0.39 is 22.0 Å². The molecule has 7 heteroatoms. The van der Waals surface area contributed by atoms with E-state index in [1.54, 1.807) is 30.3 Å². The van der Waals surface area contributed by atoms with Crippen molar-refractivity contribution < 1.29 is 13.2 Å². The number of carbonyl (C=O) groups excluding carboxylic acids is 1. The minimum atomic E-state index is -3.96. The van der Waals surface area contributed by atoms with Crippen molar-refractivity contribution in [3.8, 4) is 0 Å². The smallest absolute Gasteiger partial charge is 0.284 e. The molecule has 1 aliphatic rings. The number of aromatic nitrogens is 1. The van der Waals surface area contributed by atoms with Gasteiger partial charge in [0.15, 0.2) is 0 Å². The average Bonchev–Trinajstić information content (AvgIpc) is 3.01. The Kier molecular flexibility index (Phi) is 4.39. The summed E-state index contributed by atoms with van der Waals surface area (Å²) in [5, 5.41) is 0.927. The number of hydrogen-bond acceptors (Lipinski definition) is 3. The van der Waals surface area contributed by atoms with Crippen LogP contribution in [-0.2, 0) is 16.6 Å². The molecule has 1 aromatic heterocycles. The molecule has 140 valence electrons. The second-order valence-corrected chi connectivity index (χ2v) is 10.1. The van der Waals surface area contributed by atoms with Crippen molar-refractivity contribution >= 4 is 42.8 Å². The molecule has 0 saturated heterocycles. The largest absolute Gasteiger partial charge is 0.334 e. The third kappa shape index (κ3) is 2.89. The Bertz CT molecular complexity index is 1130. The van der Waals surface area contributed by atoms with Gasteiger partial charge in [-0.2, -0.15) is 0 Å². The van der Waals surface area contributed by atoms with E-state index in [9.17, 15) is 13.2 Å². The zero-order valence-electron chi connectivity index (χ0n) is 15.0. The van der Waals surface area contributed by atoms with Crippen molar-refractivity contribution in [2.45, 2.75) is 36.2 Å². The summed E-state index contributed by atoms with van der Waals surface area (Å²) in [7, 11) is -3.96. The molecule has 1 amide bonds. The standard InChI is InChI=1S/C20H19BrN2O3S/c1-13-7-9-16(10-8-13)27(25,26)23-19(14(2)21)12-22-17-6-4-3-5-15(17)11-18(22)20(23)24/h3-11,14,19H,12H2,1-2H3/t14-,19+/m0/s1. The summed E-state index contributed by atoms with van der Waals surface area (Å²) in [6.07, 6.45) is 0. The van der Waals surface area contributed by atoms with E-state index in [4.69, 9.17) is 0 Å². The van der Waals surface area contributed by atoms with E-state index in [-0.39, 0.29) is 9.72 Å². The van der Waals surface area contributed by atoms with Crippen molar-refractivity contribution in [2.75, 3.05) is 0 Å². The second-order valence-electron chi connectivity index (χ2n) is 6.86. The first-order chi connectivity index (χ1) is 12.8. The average molecular weight is 447 g/mol. The number of para-hydroxylation sites is 1. The lowest BCUT2D eigenvalue weighted by Crippen LogP contribution is -2.53. The molecule has 0 radical (unpaired) electrons. The fraction of sp³-hybridized carbons (Fsp3) is 0.250. The number of sulfonamides is 1. The van der Waals surface area contributed by atoms with Gasteiger partial charge in [-0.15, -0.1) is 0 Å². The molecule has 2 aromatic carbocycles. The Balaban J connectivity index is 1.89. The van der Waals surface area contributed by atoms with Crippen LogP contribution >= 0.6 is 15.9 Å². The van der Waals surface area contributed by atoms with Gasteiger partial charge in [0, 0.05) is 22.3 Å². The van der Waals surface area contributed by atoms with Crippen LogP contribution in [0.15, 0.2) is 59.5 Å². The van der Waals surface area contributed by atoms with Gasteiger partial charge in [-0.25, -0.2) is 12.7 Å². The molecule has 0 saturated carbocycles. The van der Waals surface area contributed by atoms with Crippen LogP contribution in [0.3, 0.4) is 0 Å². The van der Waals surface area contributed by atoms with Gasteiger partial charge in [0.05, 0.1) is 10.9 Å². The maximum atomic E-state index is 13.3. The van der Waals surface area contributed by atoms with Crippen LogP contribution in [-0.4, -0.2) is 34.1 Å². The fourth-order valence-electron chi connectivity index (χ4n) is 3.55. The van der Waals surface area contributed by atoms with Crippen molar-refractivity contribution in [1.82, 2.24) is 8.87 Å². The Morgan fingerprint density at radius 3 is 2.44 bits per heavy atom. The molecule has 0 spiro atoms. The number of halogens is 1. The molecular formula is C20H19BrN2O3S. The van der Waals surface area contributed by atoms with Gasteiger partial charge in [-0.3, -0.25) is 4.79 Å². The second kappa shape index (κ2) is 6.49. The van der Waals surface area contributed by atoms with Crippen LogP contribution in [0.25, 0.3) is 10.9 Å². The Morgan fingerprint density at radius 1 is 1.11 bits per heavy atom. The van der Waals surface area contributed by atoms with Crippen molar-refractivity contribution in [3.63, 3.8) is 0 Å². The van der Waals surface area contributed by atoms with Crippen LogP contribution in [0.1, 0.15) is 23.0 Å². The van der Waals surface area contributed by atoms with Crippen LogP contribution in [0.4, 0.5) is 0 Å². The fourth-order valence-corrected chi connectivity index (χ4v) is 5.74. The molecular weight excluding hydrogens is 428 g/mol. The maximum Gasteiger partial charge on any atom is 0.284 e. The van der Waals surface area contributed by atoms with Gasteiger partial charge < -0.3 is 4.57 Å². The highest BCUT2D eigenvalue weighted by Crippen LogP contribution is 2.33. The van der Waals surface area contributed by atoms with Crippen LogP contribution < -0.4 is 0 Å². The number of hydrogen-bond donors (Lipinski definition) is 0. The zero-order valence-corrected chi connectivity index (χ0v) is 17.4. The lowest BCUT2D eigenvalue weighted by molar-refractivity contribution is 0.0766. The topological polar surface area (TPSA) is 59.4 Å². The van der Waals surface area contributed by atoms with Crippen molar-refractivity contribution in [1.29, 1.82) is 0 Å². The number of aryl methyl sites for hydroxylation is 1. The molecule has 0 aliphatic carbocycles. The molecule has 0 unspecified atom stereocenters. The third-order valence-corrected chi connectivity index (χ3v) is 7.44. The molecule has 2 atom stereocenters. The predicted molar refractivity (Wildman–Crippen MR) is 109 cm³/mol. The first kappa shape index (κ1) is 18.3. The van der Waals surface area contributed by atoms with Crippen molar-refractivity contribution in [2.24, 2.45) is 0 Å². The molecule has 1 aliphatic heterocycles. The van der Waals surface area contributed by atoms with E-state index in [0.29, 0.717) is 12.2 Å². The molecule has 27 heavy (non-hydrogen) atoms. The Morgan fingerprint density at radius 2 is 1.78 bits per heavy atom. The lowest BCUT2D eigenvalue weighted by Gasteiger charge is -2.37. The van der Waals surface area contributed by atoms with E-state index in [1.165, 1.54) is 0 Å². The number of nitrogens with zero attached hydrogens (tertiary/aromatic N) is 2. The molecule has 0 fully saturated rings. The highest BCUT2D eigenvalue weighted by Gasteiger charge is 2.43. The summed E-state index contributed by atoms with van der Waals surface area (Å²) in [6.45, 7) is 4.17. The third-order valence-electron chi connectivity index (χ3n) is 5.01. The number of rotatable bonds is 3. The number of benzene rings is 2. The predicted octanol–water partition coefficient (Wildman–Crippen LogP) is 3.95. The van der Waals surface area contributed by atoms with Gasteiger partial charge in [-0.1, -0.05) is 58.7 Å². The van der Waals surface area contributed by atoms with Crippen molar-refractivity contribution in [3.05, 3.63) is 65.9 Å². The monoisotopic (exact) mass is 446 g/mol. The van der Waals surface area contributed by atoms with Gasteiger partial charge in [-0.05, 0) is 31.2 Å². The minimum absolute atomic E-state index is 0.129. The normalized spacial score (nSPS) is 18.6. The van der Waals surface area contributed by atoms with E-state index in [2.05, 4.69) is 15.9 Å². The molecule has 2 heterocycles. The van der Waals surface area contributed by atoms with Crippen LogP contribution in [0.5, 0.6) is 0 Å². The molecule has 0 N–H and O–H groups in total. The number of carbonyl (C=O) groups is 1. The zero-order chi connectivity index (χ0) is 19.3. The van der Waals surface area contributed by atoms with Crippen LogP contribution in [0, 0.1) is 6.92 Å². The van der Waals surface area contributed by atoms with E-state index in [0.717, 1.165) is 20.8 Å². The summed E-state index contributed by atoms with van der Waals surface area (Å²) in [5.74, 6) is -0.491. The highest BCUT2D eigenvalue weighted by atomic mass is 79.9. The molecule has 0 bridgehead atoms. The Hall–Kier alpha value is -2.12. The molecule has 5 nitrogen and oxygen atoms in total. The number of fused-ring (bicyclic) bond motifs is 3. The van der Waals surface area contributed by atoms with E-state index in [1.807, 2.05) is 42.7 Å².